The summed E-state index contributed by atoms with van der Waals surface area (Å²) in [5, 5.41) is 4.90. The summed E-state index contributed by atoms with van der Waals surface area (Å²) in [4.78, 5) is 11.0. The Hall–Kier alpha value is -1.24. The molecule has 0 aliphatic carbocycles. The lowest BCUT2D eigenvalue weighted by atomic mass is 10.4. The molecule has 18 heavy (non-hydrogen) atoms. The molecule has 5 nitrogen and oxygen atoms in total. The molecule has 0 saturated carbocycles. The van der Waals surface area contributed by atoms with E-state index < -0.39 is 0 Å². The zero-order valence-electron chi connectivity index (χ0n) is 10.8. The van der Waals surface area contributed by atoms with E-state index in [0.29, 0.717) is 25.3 Å². The number of hydrazine groups is 1. The molecular formula is C12H21N3O2S. The van der Waals surface area contributed by atoms with Crippen molar-refractivity contribution in [2.45, 2.75) is 6.92 Å². The number of nitrogens with one attached hydrogen (secondary N) is 2. The summed E-state index contributed by atoms with van der Waals surface area (Å²) in [5.41, 5.74) is 5.06. The van der Waals surface area contributed by atoms with Gasteiger partial charge in [0, 0.05) is 25.2 Å². The van der Waals surface area contributed by atoms with E-state index in [1.54, 1.807) is 18.0 Å². The minimum atomic E-state index is -0.354. The third kappa shape index (κ3) is 8.86. The lowest BCUT2D eigenvalue weighted by Gasteiger charge is -2.18. The van der Waals surface area contributed by atoms with Crippen LogP contribution in [0.15, 0.2) is 24.8 Å². The average molecular weight is 271 g/mol. The monoisotopic (exact) mass is 271 g/mol. The quantitative estimate of drug-likeness (QED) is 0.144. The first-order valence-corrected chi connectivity index (χ1v) is 6.18. The number of nitrogens with zero attached hydrogens (tertiary/aromatic N) is 1. The van der Waals surface area contributed by atoms with Crippen molar-refractivity contribution in [2.24, 2.45) is 0 Å². The van der Waals surface area contributed by atoms with Crippen LogP contribution in [0.4, 0.5) is 0 Å². The van der Waals surface area contributed by atoms with Crippen LogP contribution < -0.4 is 10.7 Å². The van der Waals surface area contributed by atoms with Crippen LogP contribution in [0.25, 0.3) is 0 Å². The second-order valence-corrected chi connectivity index (χ2v) is 3.83. The van der Waals surface area contributed by atoms with Crippen LogP contribution in [-0.2, 0) is 9.53 Å². The molecule has 0 amide bonds. The first-order valence-electron chi connectivity index (χ1n) is 5.71. The minimum absolute atomic E-state index is 0.342. The number of hydrogen-bond acceptors (Lipinski definition) is 5. The van der Waals surface area contributed by atoms with Gasteiger partial charge in [0.2, 0.25) is 0 Å². The Balaban J connectivity index is 3.40. The van der Waals surface area contributed by atoms with Gasteiger partial charge in [-0.25, -0.2) is 10.2 Å². The first-order chi connectivity index (χ1) is 8.61. The van der Waals surface area contributed by atoms with Gasteiger partial charge >= 0.3 is 5.97 Å². The van der Waals surface area contributed by atoms with E-state index >= 15 is 0 Å². The number of thiocarbonyl (C=S) groups is 1. The topological polar surface area (TPSA) is 53.6 Å². The van der Waals surface area contributed by atoms with Gasteiger partial charge in [-0.3, -0.25) is 0 Å². The number of carbonyl (C=O) groups is 1. The molecular weight excluding hydrogens is 250 g/mol. The largest absolute Gasteiger partial charge is 0.461 e. The number of hydrogen-bond donors (Lipinski definition) is 2. The summed E-state index contributed by atoms with van der Waals surface area (Å²) in [5.74, 6) is -0.354. The molecule has 0 bridgehead atoms. The maximum atomic E-state index is 11.0. The Morgan fingerprint density at radius 3 is 2.72 bits per heavy atom. The molecule has 0 aromatic heterocycles. The van der Waals surface area contributed by atoms with Gasteiger partial charge < -0.3 is 15.1 Å². The number of ether oxygens (including phenoxy) is 1. The second kappa shape index (κ2) is 10.9. The molecule has 0 aromatic carbocycles. The second-order valence-electron chi connectivity index (χ2n) is 3.62. The molecule has 0 rings (SSSR count). The standard InChI is InChI=1S/C12H21N3O2S/c1-4-8-15(10-18)14-6-5-13-7-9-17-12(16)11(2)3/h4,10,13-14H,1-2,5-9H2,3H3. The molecule has 0 aliphatic rings. The van der Waals surface area contributed by atoms with E-state index in [1.165, 1.54) is 5.49 Å². The lowest BCUT2D eigenvalue weighted by Crippen LogP contribution is -2.40. The number of rotatable bonds is 11. The van der Waals surface area contributed by atoms with Crippen LogP contribution in [0.5, 0.6) is 0 Å². The average Bonchev–Trinajstić information content (AvgIpc) is 2.35. The summed E-state index contributed by atoms with van der Waals surface area (Å²) in [6.45, 7) is 11.9. The molecule has 6 heteroatoms. The smallest absolute Gasteiger partial charge is 0.333 e. The highest BCUT2D eigenvalue weighted by atomic mass is 32.1. The van der Waals surface area contributed by atoms with E-state index in [9.17, 15) is 4.79 Å². The van der Waals surface area contributed by atoms with E-state index in [-0.39, 0.29) is 5.97 Å². The van der Waals surface area contributed by atoms with E-state index in [1.807, 2.05) is 0 Å². The maximum absolute atomic E-state index is 11.0. The van der Waals surface area contributed by atoms with Crippen LogP contribution in [-0.4, -0.2) is 49.3 Å². The summed E-state index contributed by atoms with van der Waals surface area (Å²) in [6.07, 6.45) is 1.76. The SMILES string of the molecule is C=CCN(C=S)NCCNCCOC(=O)C(=C)C. The molecule has 102 valence electrons. The zero-order valence-corrected chi connectivity index (χ0v) is 11.6. The van der Waals surface area contributed by atoms with Crippen LogP contribution in [0.1, 0.15) is 6.92 Å². The summed E-state index contributed by atoms with van der Waals surface area (Å²) < 4.78 is 4.92. The van der Waals surface area contributed by atoms with Gasteiger partial charge in [-0.05, 0) is 6.92 Å². The summed E-state index contributed by atoms with van der Waals surface area (Å²) in [6, 6.07) is 0. The number of esters is 1. The van der Waals surface area contributed by atoms with E-state index in [2.05, 4.69) is 23.9 Å². The van der Waals surface area contributed by atoms with Crippen molar-refractivity contribution >= 4 is 23.7 Å². The van der Waals surface area contributed by atoms with E-state index in [0.717, 1.165) is 13.1 Å². The number of carbonyl (C=O) groups excluding carboxylic acids is 1. The van der Waals surface area contributed by atoms with Crippen LogP contribution in [0, 0.1) is 0 Å². The maximum Gasteiger partial charge on any atom is 0.333 e. The fraction of sp³-hybridized carbons (Fsp3) is 0.500. The Bertz CT molecular complexity index is 295. The highest BCUT2D eigenvalue weighted by Crippen LogP contribution is 1.90. The van der Waals surface area contributed by atoms with Crippen LogP contribution in [0.2, 0.25) is 0 Å². The van der Waals surface area contributed by atoms with Gasteiger partial charge in [-0.15, -0.1) is 6.58 Å². The lowest BCUT2D eigenvalue weighted by molar-refractivity contribution is -0.138. The third-order valence-electron chi connectivity index (χ3n) is 1.93. The minimum Gasteiger partial charge on any atom is -0.461 e. The molecule has 0 aliphatic heterocycles. The van der Waals surface area contributed by atoms with Crippen LogP contribution in [0.3, 0.4) is 0 Å². The molecule has 2 N–H and O–H groups in total. The third-order valence-corrected chi connectivity index (χ3v) is 2.18. The fourth-order valence-electron chi connectivity index (χ4n) is 1.04. The predicted molar refractivity (Wildman–Crippen MR) is 77.2 cm³/mol. The molecule has 0 fully saturated rings. The van der Waals surface area contributed by atoms with Crippen molar-refractivity contribution < 1.29 is 9.53 Å². The Morgan fingerprint density at radius 1 is 1.44 bits per heavy atom. The zero-order chi connectivity index (χ0) is 13.8. The highest BCUT2D eigenvalue weighted by molar-refractivity contribution is 7.78. The van der Waals surface area contributed by atoms with Gasteiger partial charge in [0.05, 0.1) is 12.0 Å². The van der Waals surface area contributed by atoms with Crippen molar-refractivity contribution in [2.75, 3.05) is 32.8 Å². The molecule has 0 spiro atoms. The predicted octanol–water partition coefficient (Wildman–Crippen LogP) is 0.645. The highest BCUT2D eigenvalue weighted by Gasteiger charge is 2.01. The molecule has 0 aromatic rings. The van der Waals surface area contributed by atoms with Crippen molar-refractivity contribution in [1.82, 2.24) is 15.8 Å². The van der Waals surface area contributed by atoms with Crippen LogP contribution >= 0.6 is 12.2 Å². The van der Waals surface area contributed by atoms with Crippen molar-refractivity contribution in [3.63, 3.8) is 0 Å². The molecule has 0 atom stereocenters. The van der Waals surface area contributed by atoms with Gasteiger partial charge in [-0.1, -0.05) is 24.9 Å². The Kier molecular flexibility index (Phi) is 10.1. The Labute approximate surface area is 114 Å². The Morgan fingerprint density at radius 2 is 2.17 bits per heavy atom. The molecule has 0 heterocycles. The van der Waals surface area contributed by atoms with E-state index in [4.69, 9.17) is 17.0 Å². The summed E-state index contributed by atoms with van der Waals surface area (Å²) in [7, 11) is 0. The van der Waals surface area contributed by atoms with Crippen molar-refractivity contribution in [3.05, 3.63) is 24.8 Å². The molecule has 0 radical (unpaired) electrons. The van der Waals surface area contributed by atoms with Gasteiger partial charge in [0.15, 0.2) is 0 Å². The van der Waals surface area contributed by atoms with Gasteiger partial charge in [0.1, 0.15) is 6.61 Å². The van der Waals surface area contributed by atoms with Gasteiger partial charge in [0.25, 0.3) is 0 Å². The van der Waals surface area contributed by atoms with Gasteiger partial charge in [-0.2, -0.15) is 0 Å². The molecule has 0 saturated heterocycles. The first kappa shape index (κ1) is 16.8. The summed E-state index contributed by atoms with van der Waals surface area (Å²) >= 11 is 4.82. The molecule has 0 unspecified atom stereocenters. The van der Waals surface area contributed by atoms with Crippen molar-refractivity contribution in [3.8, 4) is 0 Å². The normalized spacial score (nSPS) is 9.61. The fourth-order valence-corrected chi connectivity index (χ4v) is 1.20. The van der Waals surface area contributed by atoms with Crippen molar-refractivity contribution in [1.29, 1.82) is 0 Å².